The molecule has 0 spiro atoms. The predicted octanol–water partition coefficient (Wildman–Crippen LogP) is 6.15. The van der Waals surface area contributed by atoms with Crippen LogP contribution in [0.15, 0.2) is 47.4 Å². The molecule has 1 heterocycles. The van der Waals surface area contributed by atoms with Crippen LogP contribution in [0.2, 0.25) is 0 Å². The lowest BCUT2D eigenvalue weighted by atomic mass is 10.0. The fourth-order valence-electron chi connectivity index (χ4n) is 3.21. The van der Waals surface area contributed by atoms with Crippen molar-refractivity contribution in [3.8, 4) is 11.6 Å². The maximum Gasteiger partial charge on any atom is 0.435 e. The average molecular weight is 511 g/mol. The van der Waals surface area contributed by atoms with Crippen molar-refractivity contribution in [1.82, 2.24) is 10.2 Å². The van der Waals surface area contributed by atoms with Crippen molar-refractivity contribution in [2.45, 2.75) is 37.8 Å². The van der Waals surface area contributed by atoms with Gasteiger partial charge >= 0.3 is 6.18 Å². The van der Waals surface area contributed by atoms with Crippen LogP contribution in [0.1, 0.15) is 46.9 Å². The van der Waals surface area contributed by atoms with Gasteiger partial charge < -0.3 is 10.1 Å². The van der Waals surface area contributed by atoms with Gasteiger partial charge in [0.1, 0.15) is 17.1 Å². The van der Waals surface area contributed by atoms with Gasteiger partial charge in [-0.2, -0.15) is 13.2 Å². The number of halogens is 4. The summed E-state index contributed by atoms with van der Waals surface area (Å²) in [6.07, 6.45) is -3.70. The largest absolute Gasteiger partial charge is 0.437 e. The third-order valence-corrected chi connectivity index (χ3v) is 6.15. The molecular weight excluding hydrogens is 488 g/mol. The summed E-state index contributed by atoms with van der Waals surface area (Å²) < 4.78 is 79.8. The first-order valence-electron chi connectivity index (χ1n) is 10.2. The molecule has 0 bridgehead atoms. The van der Waals surface area contributed by atoms with Crippen LogP contribution in [-0.2, 0) is 15.9 Å². The van der Waals surface area contributed by atoms with E-state index in [9.17, 15) is 26.6 Å². The van der Waals surface area contributed by atoms with Gasteiger partial charge in [0, 0.05) is 22.9 Å². The Morgan fingerprint density at radius 3 is 2.43 bits per heavy atom. The monoisotopic (exact) mass is 510 g/mol. The molecule has 7 nitrogen and oxygen atoms in total. The van der Waals surface area contributed by atoms with E-state index in [2.05, 4.69) is 15.5 Å². The van der Waals surface area contributed by atoms with Crippen LogP contribution in [0.25, 0.3) is 0 Å². The minimum absolute atomic E-state index is 0.0712. The summed E-state index contributed by atoms with van der Waals surface area (Å²) in [6.45, 7) is 4.68. The lowest BCUT2D eigenvalue weighted by Crippen LogP contribution is -2.21. The first kappa shape index (κ1) is 26.1. The number of anilines is 1. The molecule has 12 heteroatoms. The average Bonchev–Trinajstić information content (AvgIpc) is 2.72. The second-order valence-corrected chi connectivity index (χ2v) is 10.3. The van der Waals surface area contributed by atoms with Crippen LogP contribution in [0, 0.1) is 17.5 Å². The first-order chi connectivity index (χ1) is 16.2. The molecule has 1 aromatic heterocycles. The van der Waals surface area contributed by atoms with E-state index in [4.69, 9.17) is 9.52 Å². The van der Waals surface area contributed by atoms with Crippen molar-refractivity contribution in [3.63, 3.8) is 0 Å². The normalized spacial score (nSPS) is 13.4. The molecule has 0 radical (unpaired) electrons. The Morgan fingerprint density at radius 2 is 1.83 bits per heavy atom. The molecule has 0 aliphatic carbocycles. The van der Waals surface area contributed by atoms with Crippen molar-refractivity contribution >= 4 is 21.3 Å². The summed E-state index contributed by atoms with van der Waals surface area (Å²) in [5.74, 6) is -2.34. The van der Waals surface area contributed by atoms with Gasteiger partial charge in [-0.15, -0.1) is 10.2 Å². The standard InChI is InChI=1S/C23H22F4N4O3S/c1-12(2)14-8-15(24)10-17(9-14)34-22-19(13(3)20(30-31-22)23(25,26)27)21(32)29-16-6-5-7-18(11-16)35(4,28)33/h5-12,28H,1-4H3,(H,29,32). The summed E-state index contributed by atoms with van der Waals surface area (Å²) in [5, 5.41) is 9.08. The number of aromatic nitrogens is 2. The fourth-order valence-corrected chi connectivity index (χ4v) is 3.90. The minimum Gasteiger partial charge on any atom is -0.437 e. The van der Waals surface area contributed by atoms with Crippen molar-refractivity contribution in [2.75, 3.05) is 11.6 Å². The maximum atomic E-state index is 14.1. The van der Waals surface area contributed by atoms with Gasteiger partial charge in [-0.25, -0.2) is 13.4 Å². The highest BCUT2D eigenvalue weighted by molar-refractivity contribution is 7.91. The van der Waals surface area contributed by atoms with E-state index in [-0.39, 0.29) is 22.3 Å². The van der Waals surface area contributed by atoms with Crippen LogP contribution in [0.5, 0.6) is 11.6 Å². The molecule has 0 aliphatic heterocycles. The van der Waals surface area contributed by atoms with Crippen molar-refractivity contribution < 1.29 is 31.3 Å². The molecule has 2 aromatic carbocycles. The van der Waals surface area contributed by atoms with Gasteiger partial charge in [-0.3, -0.25) is 4.79 Å². The molecular formula is C23H22F4N4O3S. The molecule has 3 aromatic rings. The summed E-state index contributed by atoms with van der Waals surface area (Å²) in [4.78, 5) is 13.2. The third kappa shape index (κ3) is 6.13. The SMILES string of the molecule is Cc1c(C(F)(F)F)nnc(Oc2cc(F)cc(C(C)C)c2)c1C(=O)Nc1cccc(S(C)(=N)=O)c1. The molecule has 1 unspecified atom stereocenters. The highest BCUT2D eigenvalue weighted by Crippen LogP contribution is 2.35. The second-order valence-electron chi connectivity index (χ2n) is 8.15. The maximum absolute atomic E-state index is 14.1. The number of benzene rings is 2. The zero-order valence-electron chi connectivity index (χ0n) is 19.2. The van der Waals surface area contributed by atoms with Crippen LogP contribution in [0.4, 0.5) is 23.2 Å². The number of hydrogen-bond acceptors (Lipinski definition) is 6. The van der Waals surface area contributed by atoms with Gasteiger partial charge in [0.05, 0.1) is 9.73 Å². The van der Waals surface area contributed by atoms with E-state index in [0.717, 1.165) is 13.0 Å². The number of hydrogen-bond donors (Lipinski definition) is 2. The number of amides is 1. The zero-order valence-corrected chi connectivity index (χ0v) is 20.0. The van der Waals surface area contributed by atoms with Gasteiger partial charge in [-0.1, -0.05) is 19.9 Å². The van der Waals surface area contributed by atoms with Gasteiger partial charge in [0.15, 0.2) is 5.69 Å². The van der Waals surface area contributed by atoms with E-state index in [0.29, 0.717) is 5.56 Å². The van der Waals surface area contributed by atoms with Crippen molar-refractivity contribution in [3.05, 3.63) is 70.7 Å². The van der Waals surface area contributed by atoms with Crippen molar-refractivity contribution in [2.24, 2.45) is 0 Å². The first-order valence-corrected chi connectivity index (χ1v) is 12.2. The van der Waals surface area contributed by atoms with Crippen LogP contribution < -0.4 is 10.1 Å². The van der Waals surface area contributed by atoms with E-state index in [1.165, 1.54) is 42.7 Å². The molecule has 0 saturated heterocycles. The summed E-state index contributed by atoms with van der Waals surface area (Å²) in [6, 6.07) is 9.36. The van der Waals surface area contributed by atoms with Gasteiger partial charge in [0.25, 0.3) is 11.8 Å². The lowest BCUT2D eigenvalue weighted by Gasteiger charge is -2.17. The number of alkyl halides is 3. The number of rotatable bonds is 6. The Balaban J connectivity index is 2.09. The summed E-state index contributed by atoms with van der Waals surface area (Å²) in [7, 11) is -3.11. The number of carbonyl (C=O) groups excluding carboxylic acids is 1. The second kappa shape index (κ2) is 9.61. The summed E-state index contributed by atoms with van der Waals surface area (Å²) >= 11 is 0. The highest BCUT2D eigenvalue weighted by atomic mass is 32.2. The topological polar surface area (TPSA) is 105 Å². The molecule has 3 rings (SSSR count). The smallest absolute Gasteiger partial charge is 0.435 e. The summed E-state index contributed by atoms with van der Waals surface area (Å²) in [5.41, 5.74) is -1.82. The molecule has 186 valence electrons. The van der Waals surface area contributed by atoms with E-state index in [1.807, 2.05) is 13.8 Å². The molecule has 0 saturated carbocycles. The molecule has 2 N–H and O–H groups in total. The Hall–Kier alpha value is -3.54. The lowest BCUT2D eigenvalue weighted by molar-refractivity contribution is -0.142. The van der Waals surface area contributed by atoms with E-state index < -0.39 is 50.3 Å². The van der Waals surface area contributed by atoms with E-state index >= 15 is 0 Å². The number of nitrogens with one attached hydrogen (secondary N) is 2. The third-order valence-electron chi connectivity index (χ3n) is 5.00. The molecule has 1 atom stereocenters. The fraction of sp³-hybridized carbons (Fsp3) is 0.261. The van der Waals surface area contributed by atoms with E-state index in [1.54, 1.807) is 0 Å². The molecule has 0 fully saturated rings. The van der Waals surface area contributed by atoms with Crippen LogP contribution in [0.3, 0.4) is 0 Å². The number of carbonyl (C=O) groups is 1. The number of nitrogens with zero attached hydrogens (tertiary/aromatic N) is 2. The Morgan fingerprint density at radius 1 is 1.14 bits per heavy atom. The van der Waals surface area contributed by atoms with Gasteiger partial charge in [0.2, 0.25) is 0 Å². The van der Waals surface area contributed by atoms with Crippen LogP contribution >= 0.6 is 0 Å². The molecule has 0 aliphatic rings. The Kier molecular flexibility index (Phi) is 7.16. The van der Waals surface area contributed by atoms with Gasteiger partial charge in [-0.05, 0) is 54.3 Å². The highest BCUT2D eigenvalue weighted by Gasteiger charge is 2.38. The van der Waals surface area contributed by atoms with Crippen molar-refractivity contribution in [1.29, 1.82) is 4.78 Å². The molecule has 35 heavy (non-hydrogen) atoms. The quantitative estimate of drug-likeness (QED) is 0.387. The Labute approximate surface area is 199 Å². The van der Waals surface area contributed by atoms with Crippen LogP contribution in [-0.4, -0.2) is 26.6 Å². The Bertz CT molecular complexity index is 1390. The minimum atomic E-state index is -4.90. The molecule has 1 amide bonds. The predicted molar refractivity (Wildman–Crippen MR) is 122 cm³/mol. The number of ether oxygens (including phenoxy) is 1. The zero-order chi connectivity index (χ0) is 26.1.